The lowest BCUT2D eigenvalue weighted by molar-refractivity contribution is -0.129. The maximum Gasteiger partial charge on any atom is 0.278 e. The number of carbonyl (C=O) groups excluding carboxylic acids is 1. The predicted molar refractivity (Wildman–Crippen MR) is 82.1 cm³/mol. The number of thiophene rings is 1. The Kier molecular flexibility index (Phi) is 3.95. The third-order valence-corrected chi connectivity index (χ3v) is 5.81. The van der Waals surface area contributed by atoms with Gasteiger partial charge < -0.3 is 4.84 Å². The van der Waals surface area contributed by atoms with Crippen LogP contribution in [0.3, 0.4) is 0 Å². The predicted octanol–water partition coefficient (Wildman–Crippen LogP) is 1.75. The first-order valence-corrected chi connectivity index (χ1v) is 8.81. The number of oxime groups is 1. The first-order valence-electron chi connectivity index (χ1n) is 6.44. The van der Waals surface area contributed by atoms with Gasteiger partial charge in [0.1, 0.15) is 4.21 Å². The summed E-state index contributed by atoms with van der Waals surface area (Å²) in [6.07, 6.45) is -0.708. The molecule has 1 aliphatic rings. The van der Waals surface area contributed by atoms with Crippen molar-refractivity contribution in [2.75, 3.05) is 0 Å². The highest BCUT2D eigenvalue weighted by Gasteiger charge is 2.32. The van der Waals surface area contributed by atoms with Gasteiger partial charge >= 0.3 is 0 Å². The van der Waals surface area contributed by atoms with Gasteiger partial charge in [-0.25, -0.2) is 13.1 Å². The monoisotopic (exact) mass is 336 g/mol. The van der Waals surface area contributed by atoms with Gasteiger partial charge in [-0.15, -0.1) is 11.3 Å². The average Bonchev–Trinajstić information content (AvgIpc) is 3.20. The number of amides is 1. The topological polar surface area (TPSA) is 84.8 Å². The minimum absolute atomic E-state index is 0.0862. The maximum atomic E-state index is 12.0. The summed E-state index contributed by atoms with van der Waals surface area (Å²) in [7, 11) is -3.85. The Hall–Kier alpha value is -2.19. The number of nitrogens with one attached hydrogen (secondary N) is 1. The lowest BCUT2D eigenvalue weighted by atomic mass is 10.1. The number of rotatable bonds is 4. The van der Waals surface area contributed by atoms with Gasteiger partial charge in [0.2, 0.25) is 6.10 Å². The van der Waals surface area contributed by atoms with E-state index in [0.29, 0.717) is 5.71 Å². The maximum absolute atomic E-state index is 12.0. The molecule has 0 radical (unpaired) electrons. The van der Waals surface area contributed by atoms with Crippen LogP contribution in [0.25, 0.3) is 0 Å². The van der Waals surface area contributed by atoms with Crippen LogP contribution in [-0.4, -0.2) is 26.1 Å². The fourth-order valence-corrected chi connectivity index (χ4v) is 3.99. The van der Waals surface area contributed by atoms with E-state index in [9.17, 15) is 13.2 Å². The van der Waals surface area contributed by atoms with Crippen LogP contribution in [0, 0.1) is 0 Å². The molecule has 0 saturated heterocycles. The first-order chi connectivity index (χ1) is 10.6. The summed E-state index contributed by atoms with van der Waals surface area (Å²) in [5.41, 5.74) is 1.47. The summed E-state index contributed by atoms with van der Waals surface area (Å²) in [4.78, 5) is 17.1. The van der Waals surface area contributed by atoms with Crippen molar-refractivity contribution in [3.63, 3.8) is 0 Å². The zero-order chi connectivity index (χ0) is 15.6. The van der Waals surface area contributed by atoms with E-state index in [1.807, 2.05) is 35.1 Å². The molecule has 0 spiro atoms. The van der Waals surface area contributed by atoms with Crippen LogP contribution in [0.15, 0.2) is 57.2 Å². The van der Waals surface area contributed by atoms with Gasteiger partial charge in [0, 0.05) is 6.42 Å². The minimum atomic E-state index is -3.85. The standard InChI is InChI=1S/C14H12N2O4S2/c17-14(16-22(18,19)13-7-4-8-21-13)12-9-11(15-20-12)10-5-2-1-3-6-10/h1-8,12H,9H2,(H,16,17). The lowest BCUT2D eigenvalue weighted by Gasteiger charge is -2.09. The van der Waals surface area contributed by atoms with E-state index < -0.39 is 22.0 Å². The molecule has 8 heteroatoms. The Labute approximate surface area is 131 Å². The van der Waals surface area contributed by atoms with Crippen molar-refractivity contribution < 1.29 is 18.0 Å². The second-order valence-electron chi connectivity index (χ2n) is 4.60. The summed E-state index contributed by atoms with van der Waals surface area (Å²) in [5, 5.41) is 5.49. The quantitative estimate of drug-likeness (QED) is 0.922. The lowest BCUT2D eigenvalue weighted by Crippen LogP contribution is -2.38. The van der Waals surface area contributed by atoms with Crippen molar-refractivity contribution in [1.82, 2.24) is 4.72 Å². The fourth-order valence-electron chi connectivity index (χ4n) is 1.98. The van der Waals surface area contributed by atoms with Crippen LogP contribution >= 0.6 is 11.3 Å². The molecular formula is C14H12N2O4S2. The Morgan fingerprint density at radius 2 is 2.00 bits per heavy atom. The Morgan fingerprint density at radius 1 is 1.23 bits per heavy atom. The second kappa shape index (κ2) is 5.90. The first kappa shape index (κ1) is 14.7. The van der Waals surface area contributed by atoms with Crippen LogP contribution in [0.2, 0.25) is 0 Å². The highest BCUT2D eigenvalue weighted by molar-refractivity contribution is 7.92. The molecule has 1 unspecified atom stereocenters. The van der Waals surface area contributed by atoms with Crippen molar-refractivity contribution in [1.29, 1.82) is 0 Å². The van der Waals surface area contributed by atoms with Crippen molar-refractivity contribution in [2.45, 2.75) is 16.7 Å². The number of sulfonamides is 1. The van der Waals surface area contributed by atoms with E-state index in [1.54, 1.807) is 11.4 Å². The molecule has 114 valence electrons. The van der Waals surface area contributed by atoms with Crippen molar-refractivity contribution in [2.24, 2.45) is 5.16 Å². The fraction of sp³-hybridized carbons (Fsp3) is 0.143. The third kappa shape index (κ3) is 3.02. The number of nitrogens with zero attached hydrogens (tertiary/aromatic N) is 1. The molecule has 0 aliphatic carbocycles. The summed E-state index contributed by atoms with van der Waals surface area (Å²) in [6.45, 7) is 0. The molecule has 1 aromatic carbocycles. The molecule has 0 bridgehead atoms. The molecule has 0 saturated carbocycles. The molecule has 1 aliphatic heterocycles. The van der Waals surface area contributed by atoms with E-state index in [1.165, 1.54) is 6.07 Å². The molecule has 3 rings (SSSR count). The van der Waals surface area contributed by atoms with Gasteiger partial charge in [-0.1, -0.05) is 41.6 Å². The molecule has 1 N–H and O–H groups in total. The zero-order valence-corrected chi connectivity index (χ0v) is 12.9. The van der Waals surface area contributed by atoms with E-state index in [2.05, 4.69) is 5.16 Å². The summed E-state index contributed by atoms with van der Waals surface area (Å²) < 4.78 is 26.1. The van der Waals surface area contributed by atoms with Crippen LogP contribution in [-0.2, 0) is 19.7 Å². The average molecular weight is 336 g/mol. The van der Waals surface area contributed by atoms with E-state index in [4.69, 9.17) is 4.84 Å². The zero-order valence-electron chi connectivity index (χ0n) is 11.3. The Morgan fingerprint density at radius 3 is 2.68 bits per heavy atom. The van der Waals surface area contributed by atoms with Gasteiger partial charge in [0.05, 0.1) is 5.71 Å². The van der Waals surface area contributed by atoms with Gasteiger partial charge in [-0.2, -0.15) is 0 Å². The summed E-state index contributed by atoms with van der Waals surface area (Å²) in [5.74, 6) is -0.719. The molecule has 6 nitrogen and oxygen atoms in total. The third-order valence-electron chi connectivity index (χ3n) is 3.06. The molecular weight excluding hydrogens is 324 g/mol. The number of benzene rings is 1. The van der Waals surface area contributed by atoms with Crippen LogP contribution in [0.5, 0.6) is 0 Å². The van der Waals surface area contributed by atoms with Crippen molar-refractivity contribution >= 4 is 33.0 Å². The number of carbonyl (C=O) groups is 1. The highest BCUT2D eigenvalue weighted by atomic mass is 32.2. The molecule has 1 aromatic heterocycles. The Bertz CT molecular complexity index is 799. The van der Waals surface area contributed by atoms with Crippen molar-refractivity contribution in [3.05, 3.63) is 53.4 Å². The molecule has 22 heavy (non-hydrogen) atoms. The summed E-state index contributed by atoms with van der Waals surface area (Å²) in [6, 6.07) is 12.3. The minimum Gasteiger partial charge on any atom is -0.382 e. The van der Waals surface area contributed by atoms with Gasteiger partial charge in [-0.3, -0.25) is 4.79 Å². The summed E-state index contributed by atoms with van der Waals surface area (Å²) >= 11 is 1.04. The SMILES string of the molecule is O=C(NS(=O)(=O)c1cccs1)C1CC(c2ccccc2)=NO1. The van der Waals surface area contributed by atoms with Crippen LogP contribution in [0.4, 0.5) is 0 Å². The van der Waals surface area contributed by atoms with Crippen LogP contribution < -0.4 is 4.72 Å². The molecule has 1 atom stereocenters. The van der Waals surface area contributed by atoms with E-state index in [-0.39, 0.29) is 10.6 Å². The molecule has 1 amide bonds. The largest absolute Gasteiger partial charge is 0.382 e. The molecule has 2 aromatic rings. The van der Waals surface area contributed by atoms with Gasteiger partial charge in [-0.05, 0) is 17.0 Å². The van der Waals surface area contributed by atoms with E-state index in [0.717, 1.165) is 16.9 Å². The van der Waals surface area contributed by atoms with Crippen LogP contribution in [0.1, 0.15) is 12.0 Å². The molecule has 2 heterocycles. The second-order valence-corrected chi connectivity index (χ2v) is 7.46. The molecule has 0 fully saturated rings. The van der Waals surface area contributed by atoms with Gasteiger partial charge in [0.25, 0.3) is 15.9 Å². The highest BCUT2D eigenvalue weighted by Crippen LogP contribution is 2.19. The van der Waals surface area contributed by atoms with E-state index >= 15 is 0 Å². The van der Waals surface area contributed by atoms with Gasteiger partial charge in [0.15, 0.2) is 0 Å². The van der Waals surface area contributed by atoms with Crippen molar-refractivity contribution in [3.8, 4) is 0 Å². The Balaban J connectivity index is 1.66. The number of hydrogen-bond acceptors (Lipinski definition) is 6. The smallest absolute Gasteiger partial charge is 0.278 e. The number of hydrogen-bond donors (Lipinski definition) is 1. The normalized spacial score (nSPS) is 17.6.